The van der Waals surface area contributed by atoms with Crippen LogP contribution in [-0.4, -0.2) is 0 Å². The molecule has 0 radical (unpaired) electrons. The molecule has 1 nitrogen and oxygen atoms in total. The highest BCUT2D eigenvalue weighted by Crippen LogP contribution is 2.55. The summed E-state index contributed by atoms with van der Waals surface area (Å²) in [5.41, 5.74) is 16.8. The lowest BCUT2D eigenvalue weighted by molar-refractivity contribution is 0.714. The van der Waals surface area contributed by atoms with Crippen LogP contribution in [0.5, 0.6) is 0 Å². The van der Waals surface area contributed by atoms with Crippen molar-refractivity contribution in [1.29, 1.82) is 0 Å². The number of benzene rings is 12. The molecule has 13 rings (SSSR count). The zero-order chi connectivity index (χ0) is 44.5. The Morgan fingerprint density at radius 2 is 0.821 bits per heavy atom. The quantitative estimate of drug-likeness (QED) is 0.144. The van der Waals surface area contributed by atoms with Crippen LogP contribution in [0.1, 0.15) is 23.6 Å². The van der Waals surface area contributed by atoms with Crippen molar-refractivity contribution in [2.45, 2.75) is 12.3 Å². The Hall–Kier alpha value is -8.52. The third kappa shape index (κ3) is 6.16. The minimum Gasteiger partial charge on any atom is -0.310 e. The molecule has 1 heteroatoms. The maximum absolute atomic E-state index is 2.49. The summed E-state index contributed by atoms with van der Waals surface area (Å²) >= 11 is 0. The molecular weight excluding hydrogens is 807 g/mol. The van der Waals surface area contributed by atoms with E-state index in [0.29, 0.717) is 0 Å². The first kappa shape index (κ1) is 38.9. The fourth-order valence-corrected chi connectivity index (χ4v) is 11.4. The maximum Gasteiger partial charge on any atom is 0.0540 e. The van der Waals surface area contributed by atoms with Crippen molar-refractivity contribution in [3.63, 3.8) is 0 Å². The molecule has 12 aromatic carbocycles. The number of anilines is 3. The van der Waals surface area contributed by atoms with Crippen molar-refractivity contribution in [2.24, 2.45) is 0 Å². The predicted molar refractivity (Wildman–Crippen MR) is 285 cm³/mol. The minimum atomic E-state index is -0.289. The van der Waals surface area contributed by atoms with E-state index in [-0.39, 0.29) is 5.41 Å². The third-order valence-corrected chi connectivity index (χ3v) is 14.5. The lowest BCUT2D eigenvalue weighted by Crippen LogP contribution is -2.22. The van der Waals surface area contributed by atoms with Crippen molar-refractivity contribution >= 4 is 60.2 Å². The number of para-hydroxylation sites is 1. The average molecular weight is 852 g/mol. The van der Waals surface area contributed by atoms with Crippen LogP contribution in [0.15, 0.2) is 255 Å². The molecule has 314 valence electrons. The van der Waals surface area contributed by atoms with E-state index < -0.39 is 0 Å². The van der Waals surface area contributed by atoms with E-state index in [1.54, 1.807) is 0 Å². The monoisotopic (exact) mass is 851 g/mol. The van der Waals surface area contributed by atoms with Gasteiger partial charge in [-0.05, 0) is 142 Å². The summed E-state index contributed by atoms with van der Waals surface area (Å²) in [6.07, 6.45) is 0. The Morgan fingerprint density at radius 3 is 1.60 bits per heavy atom. The molecule has 0 aliphatic heterocycles. The average Bonchev–Trinajstić information content (AvgIpc) is 3.66. The molecule has 12 aromatic rings. The predicted octanol–water partition coefficient (Wildman–Crippen LogP) is 18.1. The highest BCUT2D eigenvalue weighted by atomic mass is 15.1. The molecule has 0 bridgehead atoms. The van der Waals surface area contributed by atoms with Gasteiger partial charge >= 0.3 is 0 Å². The van der Waals surface area contributed by atoms with Crippen molar-refractivity contribution < 1.29 is 0 Å². The molecule has 1 aliphatic rings. The van der Waals surface area contributed by atoms with Gasteiger partial charge in [0.15, 0.2) is 0 Å². The zero-order valence-corrected chi connectivity index (χ0v) is 37.2. The van der Waals surface area contributed by atoms with Crippen molar-refractivity contribution in [3.8, 4) is 44.5 Å². The Bertz CT molecular complexity index is 3870. The van der Waals surface area contributed by atoms with E-state index in [1.165, 1.54) is 93.2 Å². The van der Waals surface area contributed by atoms with E-state index >= 15 is 0 Å². The zero-order valence-electron chi connectivity index (χ0n) is 37.2. The van der Waals surface area contributed by atoms with Crippen molar-refractivity contribution in [2.75, 3.05) is 4.90 Å². The molecule has 0 N–H and O–H groups in total. The lowest BCUT2D eigenvalue weighted by Gasteiger charge is -2.30. The molecule has 0 heterocycles. The minimum absolute atomic E-state index is 0.289. The molecule has 0 aromatic heterocycles. The fourth-order valence-electron chi connectivity index (χ4n) is 11.4. The van der Waals surface area contributed by atoms with Crippen LogP contribution < -0.4 is 4.90 Å². The second kappa shape index (κ2) is 15.6. The summed E-state index contributed by atoms with van der Waals surface area (Å²) in [4.78, 5) is 2.49. The first-order chi connectivity index (χ1) is 33.1. The molecular formula is C66H45N. The van der Waals surface area contributed by atoms with Crippen LogP contribution in [0.2, 0.25) is 0 Å². The standard InChI is InChI=1S/C66H45N/c1-66(49-24-9-4-10-25-49)61-31-17-15-29-57(61)59-43-51(37-40-62(59)66)67(50-36-39-53-47(41-50)34-33-44-19-11-12-26-52(44)53)63-32-18-16-27-54(63)48-35-38-56-55-28-13-14-30-58(55)64(45-20-5-2-6-21-45)65(60(56)42-48)46-22-7-3-8-23-46/h2-43H,1H3. The molecule has 0 saturated carbocycles. The van der Waals surface area contributed by atoms with Gasteiger partial charge in [-0.15, -0.1) is 0 Å². The Labute approximate surface area is 391 Å². The molecule has 0 spiro atoms. The van der Waals surface area contributed by atoms with E-state index in [0.717, 1.165) is 28.2 Å². The lowest BCUT2D eigenvalue weighted by atomic mass is 9.74. The summed E-state index contributed by atoms with van der Waals surface area (Å²) < 4.78 is 0. The SMILES string of the molecule is CC1(c2ccccc2)c2ccccc2-c2cc(N(c3ccc4c(ccc5ccccc54)c3)c3ccccc3-c3ccc4c(c3)c(-c3ccccc3)c(-c3ccccc3)c3ccccc34)ccc21. The number of hydrogen-bond acceptors (Lipinski definition) is 1. The van der Waals surface area contributed by atoms with Gasteiger partial charge in [-0.25, -0.2) is 0 Å². The first-order valence-electron chi connectivity index (χ1n) is 23.3. The summed E-state index contributed by atoms with van der Waals surface area (Å²) in [6.45, 7) is 2.39. The third-order valence-electron chi connectivity index (χ3n) is 14.5. The summed E-state index contributed by atoms with van der Waals surface area (Å²) in [6, 6.07) is 94.3. The fraction of sp³-hybridized carbons (Fsp3) is 0.0303. The van der Waals surface area contributed by atoms with Crippen molar-refractivity contribution in [3.05, 3.63) is 271 Å². The van der Waals surface area contributed by atoms with Gasteiger partial charge < -0.3 is 4.90 Å². The van der Waals surface area contributed by atoms with Gasteiger partial charge in [0.2, 0.25) is 0 Å². The highest BCUT2D eigenvalue weighted by Gasteiger charge is 2.41. The van der Waals surface area contributed by atoms with Gasteiger partial charge in [-0.2, -0.15) is 0 Å². The maximum atomic E-state index is 2.49. The second-order valence-electron chi connectivity index (χ2n) is 18.1. The van der Waals surface area contributed by atoms with Crippen LogP contribution in [0, 0.1) is 0 Å². The summed E-state index contributed by atoms with van der Waals surface area (Å²) in [5, 5.41) is 9.95. The molecule has 67 heavy (non-hydrogen) atoms. The normalized spacial score (nSPS) is 14.1. The number of rotatable bonds is 7. The molecule has 1 unspecified atom stereocenters. The Balaban J connectivity index is 1.07. The molecule has 1 aliphatic carbocycles. The molecule has 0 saturated heterocycles. The summed E-state index contributed by atoms with van der Waals surface area (Å²) in [7, 11) is 0. The Morgan fingerprint density at radius 1 is 0.299 bits per heavy atom. The smallest absolute Gasteiger partial charge is 0.0540 e. The van der Waals surface area contributed by atoms with E-state index in [4.69, 9.17) is 0 Å². The number of fused-ring (bicyclic) bond motifs is 9. The largest absolute Gasteiger partial charge is 0.310 e. The van der Waals surface area contributed by atoms with Crippen LogP contribution in [0.3, 0.4) is 0 Å². The molecule has 0 fully saturated rings. The van der Waals surface area contributed by atoms with Crippen molar-refractivity contribution in [1.82, 2.24) is 0 Å². The topological polar surface area (TPSA) is 3.24 Å². The van der Waals surface area contributed by atoms with Crippen LogP contribution in [0.4, 0.5) is 17.1 Å². The number of hydrogen-bond donors (Lipinski definition) is 0. The van der Waals surface area contributed by atoms with Gasteiger partial charge in [0.1, 0.15) is 0 Å². The second-order valence-corrected chi connectivity index (χ2v) is 18.1. The highest BCUT2D eigenvalue weighted by molar-refractivity contribution is 6.22. The first-order valence-corrected chi connectivity index (χ1v) is 23.3. The van der Waals surface area contributed by atoms with Gasteiger partial charge in [0.25, 0.3) is 0 Å². The van der Waals surface area contributed by atoms with Crippen LogP contribution >= 0.6 is 0 Å². The van der Waals surface area contributed by atoms with E-state index in [9.17, 15) is 0 Å². The van der Waals surface area contributed by atoms with Gasteiger partial charge in [-0.1, -0.05) is 218 Å². The van der Waals surface area contributed by atoms with Crippen LogP contribution in [0.25, 0.3) is 87.6 Å². The summed E-state index contributed by atoms with van der Waals surface area (Å²) in [5.74, 6) is 0. The molecule has 0 amide bonds. The van der Waals surface area contributed by atoms with Crippen LogP contribution in [-0.2, 0) is 5.41 Å². The van der Waals surface area contributed by atoms with E-state index in [2.05, 4.69) is 267 Å². The van der Waals surface area contributed by atoms with E-state index in [1.807, 2.05) is 0 Å². The van der Waals surface area contributed by atoms with Gasteiger partial charge in [0, 0.05) is 22.4 Å². The van der Waals surface area contributed by atoms with Gasteiger partial charge in [-0.3, -0.25) is 0 Å². The van der Waals surface area contributed by atoms with Gasteiger partial charge in [0.05, 0.1) is 5.69 Å². The Kier molecular flexibility index (Phi) is 9.05. The number of nitrogens with zero attached hydrogens (tertiary/aromatic N) is 1. The molecule has 1 atom stereocenters.